The van der Waals surface area contributed by atoms with E-state index in [1.807, 2.05) is 13.0 Å². The van der Waals surface area contributed by atoms with Crippen LogP contribution in [0.4, 0.5) is 0 Å². The molecule has 0 amide bonds. The number of ether oxygens (including phenoxy) is 1. The second-order valence-electron chi connectivity index (χ2n) is 5.21. The highest BCUT2D eigenvalue weighted by atomic mass is 28.4. The molecule has 1 unspecified atom stereocenters. The van der Waals surface area contributed by atoms with Crippen LogP contribution in [0.1, 0.15) is 25.8 Å². The molecule has 0 aliphatic rings. The Morgan fingerprint density at radius 1 is 1.20 bits per heavy atom. The molecule has 0 spiro atoms. The Kier molecular flexibility index (Phi) is 12.0. The molecule has 5 nitrogen and oxygen atoms in total. The Hall–Kier alpha value is -1.52. The molecule has 7 heteroatoms. The van der Waals surface area contributed by atoms with Crippen LogP contribution in [0.3, 0.4) is 0 Å². The van der Waals surface area contributed by atoms with E-state index < -0.39 is 20.5 Å². The summed E-state index contributed by atoms with van der Waals surface area (Å²) in [6.07, 6.45) is 2.70. The van der Waals surface area contributed by atoms with Crippen LogP contribution in [-0.2, 0) is 22.8 Å². The van der Waals surface area contributed by atoms with Gasteiger partial charge < -0.3 is 18.0 Å². The van der Waals surface area contributed by atoms with Crippen LogP contribution >= 0.6 is 0 Å². The van der Waals surface area contributed by atoms with Gasteiger partial charge in [-0.15, -0.1) is 5.70 Å². The summed E-state index contributed by atoms with van der Waals surface area (Å²) < 4.78 is 21.0. The van der Waals surface area contributed by atoms with Crippen molar-refractivity contribution >= 4 is 31.1 Å². The van der Waals surface area contributed by atoms with E-state index in [4.69, 9.17) is 18.0 Å². The highest BCUT2D eigenvalue weighted by molar-refractivity contribution is 6.62. The summed E-state index contributed by atoms with van der Waals surface area (Å²) in [6, 6.07) is 10.3. The summed E-state index contributed by atoms with van der Waals surface area (Å²) in [6.45, 7) is 6.98. The summed E-state index contributed by atoms with van der Waals surface area (Å²) >= 11 is 0. The highest BCUT2D eigenvalue weighted by Crippen LogP contribution is 2.19. The molecule has 0 N–H and O–H groups in total. The van der Waals surface area contributed by atoms with Crippen molar-refractivity contribution in [1.29, 1.82) is 0 Å². The van der Waals surface area contributed by atoms with Crippen LogP contribution < -0.4 is 0 Å². The third-order valence-corrected chi connectivity index (χ3v) is 6.73. The molecule has 1 aromatic rings. The second kappa shape index (κ2) is 12.8. The first-order valence-electron chi connectivity index (χ1n) is 8.10. The molecule has 140 valence electrons. The molecule has 0 aromatic heterocycles. The molecule has 0 radical (unpaired) electrons. The first-order chi connectivity index (χ1) is 11.9. The molecule has 0 bridgehead atoms. The number of hydrogen-bond donors (Lipinski definition) is 0. The van der Waals surface area contributed by atoms with Gasteiger partial charge in [0.1, 0.15) is 0 Å². The van der Waals surface area contributed by atoms with E-state index in [0.29, 0.717) is 12.0 Å². The molecule has 0 aliphatic heterocycles. The molecule has 0 aliphatic carbocycles. The standard InChI is InChI=1S/C10H20O5Si.C8H10Si/c1-7-9(15-10(11)8(2)3)16(12-4,13-5)14-6;9-7-6-8-4-2-1-3-5-8/h9H,2,7H2,1,3-6H3;1-7H,9H3. The molecule has 1 aromatic carbocycles. The maximum atomic E-state index is 11.4. The van der Waals surface area contributed by atoms with E-state index in [1.165, 1.54) is 26.9 Å². The van der Waals surface area contributed by atoms with Gasteiger partial charge in [0.15, 0.2) is 5.73 Å². The normalized spacial score (nSPS) is 12.4. The summed E-state index contributed by atoms with van der Waals surface area (Å²) in [7, 11) is 2.65. The van der Waals surface area contributed by atoms with Crippen LogP contribution in [0.15, 0.2) is 48.2 Å². The van der Waals surface area contributed by atoms with Crippen LogP contribution in [-0.4, -0.2) is 52.1 Å². The summed E-state index contributed by atoms with van der Waals surface area (Å²) in [5.41, 5.74) is 3.30. The van der Waals surface area contributed by atoms with Gasteiger partial charge in [-0.2, -0.15) is 0 Å². The Labute approximate surface area is 155 Å². The zero-order chi connectivity index (χ0) is 19.3. The van der Waals surface area contributed by atoms with E-state index in [1.54, 1.807) is 6.92 Å². The zero-order valence-corrected chi connectivity index (χ0v) is 19.1. The minimum atomic E-state index is -2.94. The van der Waals surface area contributed by atoms with Crippen molar-refractivity contribution < 1.29 is 22.8 Å². The molecule has 25 heavy (non-hydrogen) atoms. The Morgan fingerprint density at radius 3 is 2.08 bits per heavy atom. The summed E-state index contributed by atoms with van der Waals surface area (Å²) in [5.74, 6) is -0.463. The Balaban J connectivity index is 0.000000535. The molecule has 1 rings (SSSR count). The minimum Gasteiger partial charge on any atom is -0.454 e. The van der Waals surface area contributed by atoms with Crippen molar-refractivity contribution in [1.82, 2.24) is 0 Å². The fourth-order valence-electron chi connectivity index (χ4n) is 2.04. The number of hydrogen-bond acceptors (Lipinski definition) is 5. The minimum absolute atomic E-state index is 0.338. The van der Waals surface area contributed by atoms with Gasteiger partial charge in [-0.05, 0) is 18.9 Å². The van der Waals surface area contributed by atoms with Crippen molar-refractivity contribution in [2.45, 2.75) is 26.0 Å². The van der Waals surface area contributed by atoms with E-state index in [2.05, 4.69) is 42.6 Å². The van der Waals surface area contributed by atoms with Crippen molar-refractivity contribution in [3.05, 3.63) is 53.7 Å². The van der Waals surface area contributed by atoms with E-state index in [0.717, 1.165) is 10.2 Å². The lowest BCUT2D eigenvalue weighted by molar-refractivity contribution is -0.143. The molecular weight excluding hydrogens is 352 g/mol. The van der Waals surface area contributed by atoms with Crippen LogP contribution in [0.5, 0.6) is 0 Å². The van der Waals surface area contributed by atoms with E-state index in [9.17, 15) is 4.79 Å². The van der Waals surface area contributed by atoms with Crippen LogP contribution in [0, 0.1) is 0 Å². The maximum Gasteiger partial charge on any atom is 0.543 e. The number of carbonyl (C=O) groups is 1. The molecule has 1 atom stereocenters. The van der Waals surface area contributed by atoms with Gasteiger partial charge in [-0.1, -0.05) is 49.9 Å². The average Bonchev–Trinajstić information content (AvgIpc) is 2.64. The largest absolute Gasteiger partial charge is 0.543 e. The third kappa shape index (κ3) is 7.93. The van der Waals surface area contributed by atoms with Gasteiger partial charge >= 0.3 is 14.8 Å². The van der Waals surface area contributed by atoms with Gasteiger partial charge in [-0.3, -0.25) is 0 Å². The van der Waals surface area contributed by atoms with Crippen molar-refractivity contribution in [3.63, 3.8) is 0 Å². The van der Waals surface area contributed by atoms with Gasteiger partial charge in [0.2, 0.25) is 0 Å². The lowest BCUT2D eigenvalue weighted by atomic mass is 10.2. The second-order valence-corrected chi connectivity index (χ2v) is 8.95. The third-order valence-electron chi connectivity index (χ3n) is 3.38. The van der Waals surface area contributed by atoms with Crippen molar-refractivity contribution in [2.24, 2.45) is 0 Å². The molecule has 0 saturated heterocycles. The van der Waals surface area contributed by atoms with Crippen LogP contribution in [0.2, 0.25) is 0 Å². The Bertz CT molecular complexity index is 533. The quantitative estimate of drug-likeness (QED) is 0.392. The summed E-state index contributed by atoms with van der Waals surface area (Å²) in [5, 5.41) is 0. The number of rotatable bonds is 8. The Morgan fingerprint density at radius 2 is 1.72 bits per heavy atom. The van der Waals surface area contributed by atoms with Crippen LogP contribution in [0.25, 0.3) is 6.08 Å². The fourth-order valence-corrected chi connectivity index (χ4v) is 4.46. The first kappa shape index (κ1) is 23.5. The first-order valence-corrected chi connectivity index (χ1v) is 11.1. The summed E-state index contributed by atoms with van der Waals surface area (Å²) in [4.78, 5) is 11.4. The number of carbonyl (C=O) groups excluding carboxylic acids is 1. The van der Waals surface area contributed by atoms with Gasteiger partial charge in [-0.25, -0.2) is 4.79 Å². The SMILES string of the molecule is C=C(C)C(=O)OC(CC)[Si](OC)(OC)OC.[SiH3]C=Cc1ccccc1. The predicted octanol–water partition coefficient (Wildman–Crippen LogP) is 2.32. The lowest BCUT2D eigenvalue weighted by Gasteiger charge is -2.31. The molecule has 0 saturated carbocycles. The van der Waals surface area contributed by atoms with E-state index >= 15 is 0 Å². The maximum absolute atomic E-state index is 11.4. The molecule has 0 fully saturated rings. The number of benzene rings is 1. The molecule has 0 heterocycles. The lowest BCUT2D eigenvalue weighted by Crippen LogP contribution is -2.56. The smallest absolute Gasteiger partial charge is 0.454 e. The highest BCUT2D eigenvalue weighted by Gasteiger charge is 2.49. The van der Waals surface area contributed by atoms with Gasteiger partial charge in [0.05, 0.1) is 0 Å². The van der Waals surface area contributed by atoms with Crippen molar-refractivity contribution in [2.75, 3.05) is 21.3 Å². The van der Waals surface area contributed by atoms with Crippen molar-refractivity contribution in [3.8, 4) is 0 Å². The van der Waals surface area contributed by atoms with Gasteiger partial charge in [0.25, 0.3) is 0 Å². The monoisotopic (exact) mass is 382 g/mol. The fraction of sp³-hybridized carbons (Fsp3) is 0.389. The van der Waals surface area contributed by atoms with E-state index in [-0.39, 0.29) is 0 Å². The topological polar surface area (TPSA) is 54.0 Å². The zero-order valence-electron chi connectivity index (χ0n) is 16.1. The predicted molar refractivity (Wildman–Crippen MR) is 107 cm³/mol. The number of esters is 1. The molecular formula is C18H30O5Si2. The average molecular weight is 383 g/mol. The van der Waals surface area contributed by atoms with Gasteiger partial charge in [0, 0.05) is 37.1 Å².